The molecule has 0 atom stereocenters. The molecule has 4 nitrogen and oxygen atoms in total. The summed E-state index contributed by atoms with van der Waals surface area (Å²) in [5.41, 5.74) is 1.11. The number of carbonyl (C=O) groups excluding carboxylic acids is 2. The van der Waals surface area contributed by atoms with E-state index >= 15 is 0 Å². The first-order valence-electron chi connectivity index (χ1n) is 7.11. The fraction of sp³-hybridized carbons (Fsp3) is 0. The van der Waals surface area contributed by atoms with Crippen molar-refractivity contribution in [3.05, 3.63) is 90.9 Å². The molecule has 0 saturated heterocycles. The van der Waals surface area contributed by atoms with Crippen LogP contribution in [0.1, 0.15) is 20.7 Å². The fourth-order valence-electron chi connectivity index (χ4n) is 2.53. The number of imide groups is 1. The summed E-state index contributed by atoms with van der Waals surface area (Å²) in [4.78, 5) is 29.0. The van der Waals surface area contributed by atoms with Crippen LogP contribution in [0.5, 0.6) is 0 Å². The van der Waals surface area contributed by atoms with Crippen LogP contribution in [0.15, 0.2) is 79.8 Å². The second kappa shape index (κ2) is 6.23. The van der Waals surface area contributed by atoms with Gasteiger partial charge < -0.3 is 0 Å². The van der Waals surface area contributed by atoms with E-state index in [9.17, 15) is 9.59 Å². The van der Waals surface area contributed by atoms with Crippen LogP contribution >= 0.6 is 0 Å². The van der Waals surface area contributed by atoms with Crippen molar-refractivity contribution in [2.45, 2.75) is 0 Å². The van der Waals surface area contributed by atoms with Gasteiger partial charge in [-0.05, 0) is 29.7 Å². The van der Waals surface area contributed by atoms with Gasteiger partial charge in [0.1, 0.15) is 0 Å². The van der Waals surface area contributed by atoms with Gasteiger partial charge in [0.25, 0.3) is 11.8 Å². The summed E-state index contributed by atoms with van der Waals surface area (Å²) in [6.45, 7) is 3.51. The molecule has 0 unspecified atom stereocenters. The predicted octanol–water partition coefficient (Wildman–Crippen LogP) is 3.66. The fourth-order valence-corrected chi connectivity index (χ4v) is 2.53. The van der Waals surface area contributed by atoms with Gasteiger partial charge in [-0.15, -0.1) is 0 Å². The van der Waals surface area contributed by atoms with Crippen molar-refractivity contribution < 1.29 is 9.59 Å². The molecule has 2 amide bonds. The molecule has 0 N–H and O–H groups in total. The third kappa shape index (κ3) is 2.62. The lowest BCUT2D eigenvalue weighted by Gasteiger charge is -2.23. The number of amides is 2. The Morgan fingerprint density at radius 2 is 1.39 bits per heavy atom. The Kier molecular flexibility index (Phi) is 3.97. The van der Waals surface area contributed by atoms with Gasteiger partial charge in [-0.1, -0.05) is 36.9 Å². The second-order valence-corrected chi connectivity index (χ2v) is 4.90. The summed E-state index contributed by atoms with van der Waals surface area (Å²) >= 11 is 0. The van der Waals surface area contributed by atoms with Crippen molar-refractivity contribution in [1.82, 2.24) is 9.88 Å². The Bertz CT molecular complexity index is 811. The van der Waals surface area contributed by atoms with E-state index in [0.29, 0.717) is 11.1 Å². The first kappa shape index (κ1) is 14.7. The zero-order chi connectivity index (χ0) is 16.2. The van der Waals surface area contributed by atoms with Gasteiger partial charge >= 0.3 is 0 Å². The molecule has 1 aliphatic heterocycles. The number of pyridine rings is 1. The average molecular weight is 302 g/mol. The molecule has 0 bridgehead atoms. The monoisotopic (exact) mass is 302 g/mol. The summed E-state index contributed by atoms with van der Waals surface area (Å²) in [7, 11) is 0. The van der Waals surface area contributed by atoms with E-state index < -0.39 is 0 Å². The van der Waals surface area contributed by atoms with E-state index in [-0.39, 0.29) is 11.8 Å². The van der Waals surface area contributed by atoms with Gasteiger partial charge in [-0.3, -0.25) is 14.6 Å². The molecular weight excluding hydrogens is 288 g/mol. The molecule has 4 rings (SSSR count). The van der Waals surface area contributed by atoms with Crippen molar-refractivity contribution in [3.8, 4) is 0 Å². The Labute approximate surface area is 133 Å². The van der Waals surface area contributed by atoms with Crippen molar-refractivity contribution in [1.29, 1.82) is 0 Å². The van der Waals surface area contributed by atoms with Crippen LogP contribution in [0.4, 0.5) is 0 Å². The first-order valence-corrected chi connectivity index (χ1v) is 7.11. The minimum atomic E-state index is -0.311. The molecule has 112 valence electrons. The number of hydrogen-bond donors (Lipinski definition) is 0. The third-order valence-corrected chi connectivity index (χ3v) is 3.55. The van der Waals surface area contributed by atoms with Crippen molar-refractivity contribution in [2.75, 3.05) is 0 Å². The Morgan fingerprint density at radius 3 is 1.78 bits per heavy atom. The topological polar surface area (TPSA) is 50.3 Å². The van der Waals surface area contributed by atoms with E-state index in [1.807, 2.05) is 42.5 Å². The molecule has 0 spiro atoms. The summed E-state index contributed by atoms with van der Waals surface area (Å²) in [5, 5.41) is 1.65. The number of rotatable bonds is 1. The summed E-state index contributed by atoms with van der Waals surface area (Å²) < 4.78 is 0. The molecule has 0 aliphatic carbocycles. The van der Waals surface area contributed by atoms with Crippen LogP contribution in [0.2, 0.25) is 0 Å². The van der Waals surface area contributed by atoms with Gasteiger partial charge in [0.15, 0.2) is 0 Å². The van der Waals surface area contributed by atoms with Gasteiger partial charge in [-0.2, -0.15) is 0 Å². The van der Waals surface area contributed by atoms with Gasteiger partial charge in [0, 0.05) is 35.1 Å². The highest BCUT2D eigenvalue weighted by atomic mass is 16.2. The molecule has 2 heterocycles. The number of nitrogens with zero attached hydrogens (tertiary/aromatic N) is 2. The largest absolute Gasteiger partial charge is 0.268 e. The number of carbonyl (C=O) groups is 2. The normalized spacial score (nSPS) is 12.6. The maximum absolute atomic E-state index is 12.1. The number of benzene rings is 2. The van der Waals surface area contributed by atoms with Crippen LogP contribution in [-0.2, 0) is 0 Å². The van der Waals surface area contributed by atoms with E-state index in [4.69, 9.17) is 0 Å². The Balaban J connectivity index is 0.000000220. The molecule has 0 saturated carbocycles. The zero-order valence-electron chi connectivity index (χ0n) is 12.3. The third-order valence-electron chi connectivity index (χ3n) is 3.55. The smallest absolute Gasteiger partial charge is 0.265 e. The lowest BCUT2D eigenvalue weighted by atomic mass is 9.94. The highest BCUT2D eigenvalue weighted by molar-refractivity contribution is 6.25. The molecule has 0 radical (unpaired) electrons. The molecule has 1 aromatic heterocycles. The van der Waals surface area contributed by atoms with Crippen LogP contribution in [0, 0.1) is 0 Å². The summed E-state index contributed by atoms with van der Waals surface area (Å²) in [6.07, 6.45) is 4.76. The number of hydrogen-bond acceptors (Lipinski definition) is 3. The maximum atomic E-state index is 12.1. The Morgan fingerprint density at radius 1 is 0.826 bits per heavy atom. The highest BCUT2D eigenvalue weighted by Crippen LogP contribution is 2.29. The second-order valence-electron chi connectivity index (χ2n) is 4.90. The highest BCUT2D eigenvalue weighted by Gasteiger charge is 2.30. The van der Waals surface area contributed by atoms with Gasteiger partial charge in [0.05, 0.1) is 0 Å². The van der Waals surface area contributed by atoms with Gasteiger partial charge in [0.2, 0.25) is 0 Å². The zero-order valence-corrected chi connectivity index (χ0v) is 12.3. The standard InChI is InChI=1S/C14H9NO2.C5H5N/c1-2-15-13(16)10-7-3-5-9-6-4-8-11(12(9)10)14(15)17;1-2-4-6-5-3-1/h2-8H,1H2;1-5H. The molecule has 0 fully saturated rings. The van der Waals surface area contributed by atoms with Gasteiger partial charge in [-0.25, -0.2) is 4.90 Å². The molecule has 3 aromatic rings. The minimum Gasteiger partial charge on any atom is -0.268 e. The van der Waals surface area contributed by atoms with E-state index in [2.05, 4.69) is 11.6 Å². The maximum Gasteiger partial charge on any atom is 0.265 e. The SMILES string of the molecule is C=CN1C(=O)c2cccc3cccc(c23)C1=O.c1ccncc1. The van der Waals surface area contributed by atoms with Crippen molar-refractivity contribution >= 4 is 22.6 Å². The number of aromatic nitrogens is 1. The molecule has 4 heteroatoms. The summed E-state index contributed by atoms with van der Waals surface area (Å²) in [6, 6.07) is 16.6. The van der Waals surface area contributed by atoms with Crippen molar-refractivity contribution in [3.63, 3.8) is 0 Å². The van der Waals surface area contributed by atoms with E-state index in [0.717, 1.165) is 15.7 Å². The van der Waals surface area contributed by atoms with E-state index in [1.165, 1.54) is 6.20 Å². The lowest BCUT2D eigenvalue weighted by molar-refractivity contribution is 0.0681. The molecular formula is C19H14N2O2. The van der Waals surface area contributed by atoms with Crippen LogP contribution in [-0.4, -0.2) is 21.7 Å². The quantitative estimate of drug-likeness (QED) is 0.645. The molecule has 2 aromatic carbocycles. The first-order chi connectivity index (χ1) is 11.2. The molecule has 23 heavy (non-hydrogen) atoms. The molecule has 1 aliphatic rings. The Hall–Kier alpha value is -3.27. The predicted molar refractivity (Wildman–Crippen MR) is 88.9 cm³/mol. The lowest BCUT2D eigenvalue weighted by Crippen LogP contribution is -2.35. The van der Waals surface area contributed by atoms with Crippen LogP contribution < -0.4 is 0 Å². The minimum absolute atomic E-state index is 0.311. The average Bonchev–Trinajstić information content (AvgIpc) is 2.62. The van der Waals surface area contributed by atoms with E-state index in [1.54, 1.807) is 24.5 Å². The van der Waals surface area contributed by atoms with Crippen molar-refractivity contribution in [2.24, 2.45) is 0 Å². The van der Waals surface area contributed by atoms with Crippen LogP contribution in [0.3, 0.4) is 0 Å². The van der Waals surface area contributed by atoms with Crippen LogP contribution in [0.25, 0.3) is 10.8 Å². The summed E-state index contributed by atoms with van der Waals surface area (Å²) in [5.74, 6) is -0.622.